The van der Waals surface area contributed by atoms with Crippen LogP contribution < -0.4 is 9.46 Å². The highest BCUT2D eigenvalue weighted by molar-refractivity contribution is 7.92. The fourth-order valence-electron chi connectivity index (χ4n) is 3.40. The lowest BCUT2D eigenvalue weighted by Gasteiger charge is -2.14. The van der Waals surface area contributed by atoms with Crippen LogP contribution in [0.15, 0.2) is 53.8 Å². The average molecular weight is 453 g/mol. The molecule has 0 spiro atoms. The van der Waals surface area contributed by atoms with Crippen LogP contribution in [-0.4, -0.2) is 39.2 Å². The molecule has 10 nitrogen and oxygen atoms in total. The molecule has 164 valence electrons. The molecule has 4 rings (SSSR count). The molecule has 0 aliphatic carbocycles. The van der Waals surface area contributed by atoms with Crippen molar-refractivity contribution in [3.63, 3.8) is 0 Å². The zero-order chi connectivity index (χ0) is 23.0. The van der Waals surface area contributed by atoms with Gasteiger partial charge in [0.15, 0.2) is 5.65 Å². The van der Waals surface area contributed by atoms with E-state index in [1.807, 2.05) is 0 Å². The van der Waals surface area contributed by atoms with Gasteiger partial charge >= 0.3 is 5.97 Å². The van der Waals surface area contributed by atoms with Crippen LogP contribution in [0, 0.1) is 13.8 Å². The zero-order valence-electron chi connectivity index (χ0n) is 17.4. The number of aromatic carboxylic acids is 1. The Labute approximate surface area is 183 Å². The van der Waals surface area contributed by atoms with E-state index in [9.17, 15) is 18.3 Å². The van der Waals surface area contributed by atoms with E-state index in [0.29, 0.717) is 33.8 Å². The number of carboxylic acid groups (broad SMARTS) is 1. The van der Waals surface area contributed by atoms with Crippen molar-refractivity contribution >= 4 is 32.7 Å². The molecule has 3 aromatic heterocycles. The van der Waals surface area contributed by atoms with Gasteiger partial charge in [0, 0.05) is 25.6 Å². The molecule has 4 aromatic rings. The lowest BCUT2D eigenvalue weighted by Crippen LogP contribution is -2.17. The molecule has 0 unspecified atom stereocenters. The highest BCUT2D eigenvalue weighted by Gasteiger charge is 2.25. The molecule has 0 fully saturated rings. The first kappa shape index (κ1) is 21.2. The average Bonchev–Trinajstić information content (AvgIpc) is 3.02. The number of aryl methyl sites for hydroxylation is 3. The molecule has 2 N–H and O–H groups in total. The van der Waals surface area contributed by atoms with Gasteiger partial charge in [-0.05, 0) is 49.7 Å². The third-order valence-corrected chi connectivity index (χ3v) is 6.33. The number of nitrogens with one attached hydrogen (secondary N) is 1. The largest absolute Gasteiger partial charge is 0.478 e. The van der Waals surface area contributed by atoms with Crippen molar-refractivity contribution in [1.82, 2.24) is 19.7 Å². The predicted molar refractivity (Wildman–Crippen MR) is 117 cm³/mol. The summed E-state index contributed by atoms with van der Waals surface area (Å²) in [6, 6.07) is 7.88. The van der Waals surface area contributed by atoms with Crippen molar-refractivity contribution in [2.45, 2.75) is 18.7 Å². The van der Waals surface area contributed by atoms with Gasteiger partial charge in [0.25, 0.3) is 10.0 Å². The Bertz CT molecular complexity index is 1450. The van der Waals surface area contributed by atoms with Crippen LogP contribution in [0.2, 0.25) is 0 Å². The van der Waals surface area contributed by atoms with E-state index in [1.165, 1.54) is 16.8 Å². The summed E-state index contributed by atoms with van der Waals surface area (Å²) in [5.74, 6) is -0.295. The minimum absolute atomic E-state index is 0.0116. The molecule has 32 heavy (non-hydrogen) atoms. The molecule has 0 saturated carbocycles. The second kappa shape index (κ2) is 7.93. The van der Waals surface area contributed by atoms with Gasteiger partial charge < -0.3 is 9.84 Å². The van der Waals surface area contributed by atoms with Gasteiger partial charge in [-0.3, -0.25) is 14.4 Å². The maximum Gasteiger partial charge on any atom is 0.339 e. The highest BCUT2D eigenvalue weighted by Crippen LogP contribution is 2.32. The smallest absolute Gasteiger partial charge is 0.339 e. The number of carbonyl (C=O) groups is 1. The summed E-state index contributed by atoms with van der Waals surface area (Å²) in [7, 11) is -2.49. The summed E-state index contributed by atoms with van der Waals surface area (Å²) in [6.07, 6.45) is 4.28. The van der Waals surface area contributed by atoms with Crippen molar-refractivity contribution in [3.05, 3.63) is 65.7 Å². The number of nitrogens with zero attached hydrogens (tertiary/aromatic N) is 4. The van der Waals surface area contributed by atoms with Crippen LogP contribution in [0.1, 0.15) is 21.6 Å². The quantitative estimate of drug-likeness (QED) is 0.454. The number of hydrogen-bond donors (Lipinski definition) is 2. The number of anilines is 1. The van der Waals surface area contributed by atoms with Crippen LogP contribution in [0.5, 0.6) is 11.5 Å². The maximum absolute atomic E-state index is 13.2. The lowest BCUT2D eigenvalue weighted by atomic mass is 10.1. The minimum atomic E-state index is -4.13. The Kier molecular flexibility index (Phi) is 5.26. The number of carboxylic acids is 1. The van der Waals surface area contributed by atoms with Gasteiger partial charge in [0.2, 0.25) is 0 Å². The Morgan fingerprint density at radius 2 is 1.84 bits per heavy atom. The van der Waals surface area contributed by atoms with Gasteiger partial charge in [-0.25, -0.2) is 18.2 Å². The zero-order valence-corrected chi connectivity index (χ0v) is 18.2. The number of fused-ring (bicyclic) bond motifs is 1. The molecule has 0 radical (unpaired) electrons. The highest BCUT2D eigenvalue weighted by atomic mass is 32.2. The van der Waals surface area contributed by atoms with Crippen LogP contribution in [-0.2, 0) is 17.1 Å². The Balaban J connectivity index is 1.75. The molecule has 3 heterocycles. The van der Waals surface area contributed by atoms with Crippen molar-refractivity contribution < 1.29 is 23.1 Å². The molecule has 0 atom stereocenters. The maximum atomic E-state index is 13.2. The number of aromatic nitrogens is 4. The van der Waals surface area contributed by atoms with Gasteiger partial charge in [-0.1, -0.05) is 0 Å². The van der Waals surface area contributed by atoms with E-state index in [1.54, 1.807) is 51.5 Å². The van der Waals surface area contributed by atoms with E-state index < -0.39 is 16.0 Å². The molecule has 0 saturated heterocycles. The Morgan fingerprint density at radius 3 is 2.50 bits per heavy atom. The van der Waals surface area contributed by atoms with Crippen molar-refractivity contribution in [2.75, 3.05) is 4.72 Å². The number of ether oxygens (including phenoxy) is 1. The number of sulfonamides is 1. The molecule has 1 aromatic carbocycles. The number of rotatable bonds is 6. The summed E-state index contributed by atoms with van der Waals surface area (Å²) in [4.78, 5) is 19.8. The topological polar surface area (TPSA) is 136 Å². The van der Waals surface area contributed by atoms with E-state index >= 15 is 0 Å². The number of hydrogen-bond acceptors (Lipinski definition) is 7. The Morgan fingerprint density at radius 1 is 1.12 bits per heavy atom. The van der Waals surface area contributed by atoms with E-state index in [2.05, 4.69) is 19.8 Å². The van der Waals surface area contributed by atoms with E-state index in [4.69, 9.17) is 4.74 Å². The predicted octanol–water partition coefficient (Wildman–Crippen LogP) is 3.27. The second-order valence-corrected chi connectivity index (χ2v) is 8.73. The van der Waals surface area contributed by atoms with Gasteiger partial charge in [-0.2, -0.15) is 5.10 Å². The molecular formula is C21H19N5O5S. The normalized spacial score (nSPS) is 11.5. The molecule has 0 aliphatic heterocycles. The van der Waals surface area contributed by atoms with Crippen LogP contribution >= 0.6 is 0 Å². The number of benzene rings is 1. The fraction of sp³-hybridized carbons (Fsp3) is 0.143. The van der Waals surface area contributed by atoms with Crippen LogP contribution in [0.25, 0.3) is 11.0 Å². The standard InChI is InChI=1S/C21H19N5O5S/c1-12-10-15(31-14-6-8-22-9-7-14)4-5-17(12)32(29,30)25-19-16(21(27)28)11-23-20-18(19)13(2)24-26(20)3/h4-11H,1-3H3,(H,23,25)(H,27,28). The molecule has 0 aliphatic rings. The number of pyridine rings is 2. The molecule has 0 amide bonds. The summed E-state index contributed by atoms with van der Waals surface area (Å²) in [5.41, 5.74) is 0.892. The summed E-state index contributed by atoms with van der Waals surface area (Å²) in [6.45, 7) is 3.29. The third kappa shape index (κ3) is 3.85. The second-order valence-electron chi connectivity index (χ2n) is 7.08. The Hall–Kier alpha value is -3.99. The first-order valence-corrected chi connectivity index (χ1v) is 10.9. The monoisotopic (exact) mass is 453 g/mol. The van der Waals surface area contributed by atoms with Crippen LogP contribution in [0.3, 0.4) is 0 Å². The lowest BCUT2D eigenvalue weighted by molar-refractivity contribution is 0.0697. The third-order valence-electron chi connectivity index (χ3n) is 4.82. The van der Waals surface area contributed by atoms with E-state index in [0.717, 1.165) is 6.20 Å². The van der Waals surface area contributed by atoms with Crippen molar-refractivity contribution in [2.24, 2.45) is 7.05 Å². The van der Waals surface area contributed by atoms with Crippen molar-refractivity contribution in [3.8, 4) is 11.5 Å². The van der Waals surface area contributed by atoms with Gasteiger partial charge in [0.1, 0.15) is 17.1 Å². The van der Waals surface area contributed by atoms with Gasteiger partial charge in [0.05, 0.1) is 21.7 Å². The van der Waals surface area contributed by atoms with Crippen LogP contribution in [0.4, 0.5) is 5.69 Å². The summed E-state index contributed by atoms with van der Waals surface area (Å²) >= 11 is 0. The molecule has 0 bridgehead atoms. The summed E-state index contributed by atoms with van der Waals surface area (Å²) < 4.78 is 36.1. The summed E-state index contributed by atoms with van der Waals surface area (Å²) in [5, 5.41) is 14.2. The minimum Gasteiger partial charge on any atom is -0.478 e. The van der Waals surface area contributed by atoms with E-state index in [-0.39, 0.29) is 16.1 Å². The van der Waals surface area contributed by atoms with Crippen molar-refractivity contribution in [1.29, 1.82) is 0 Å². The molecule has 11 heteroatoms. The SMILES string of the molecule is Cc1cc(Oc2ccncc2)ccc1S(=O)(=O)Nc1c(C(=O)O)cnc2c1c(C)nn2C. The van der Waals surface area contributed by atoms with Gasteiger partial charge in [-0.15, -0.1) is 0 Å². The molecular weight excluding hydrogens is 434 g/mol. The fourth-order valence-corrected chi connectivity index (χ4v) is 4.72. The first-order chi connectivity index (χ1) is 15.2. The first-order valence-electron chi connectivity index (χ1n) is 9.44.